The number of hydrogen-bond donors (Lipinski definition) is 1. The monoisotopic (exact) mass is 693 g/mol. The number of likely N-dealkylation sites (N-methyl/N-ethyl adjacent to an activating group) is 1. The van der Waals surface area contributed by atoms with Gasteiger partial charge in [0.15, 0.2) is 0 Å². The maximum atomic E-state index is 16.1. The number of carbonyl (C=O) groups excluding carboxylic acids is 2. The third-order valence-electron chi connectivity index (χ3n) is 9.16. The molecule has 0 bridgehead atoms. The van der Waals surface area contributed by atoms with Crippen LogP contribution in [0.15, 0.2) is 18.2 Å². The van der Waals surface area contributed by atoms with Crippen LogP contribution in [-0.4, -0.2) is 84.0 Å². The van der Waals surface area contributed by atoms with Crippen molar-refractivity contribution in [1.29, 1.82) is 5.26 Å². The van der Waals surface area contributed by atoms with Crippen LogP contribution in [0.5, 0.6) is 0 Å². The van der Waals surface area contributed by atoms with Gasteiger partial charge >= 0.3 is 12.4 Å². The second-order valence-corrected chi connectivity index (χ2v) is 12.2. The normalized spacial score (nSPS) is 24.6. The predicted molar refractivity (Wildman–Crippen MR) is 150 cm³/mol. The highest BCUT2D eigenvalue weighted by Crippen LogP contribution is 2.60. The molecule has 7 nitrogen and oxygen atoms in total. The Bertz CT molecular complexity index is 1320. The van der Waals surface area contributed by atoms with Gasteiger partial charge < -0.3 is 15.1 Å². The van der Waals surface area contributed by atoms with Gasteiger partial charge in [-0.25, -0.2) is 8.78 Å². The van der Waals surface area contributed by atoms with Crippen LogP contribution in [-0.2, 0) is 28.2 Å². The zero-order chi connectivity index (χ0) is 31.6. The summed E-state index contributed by atoms with van der Waals surface area (Å²) in [5.41, 5.74) is -6.91. The van der Waals surface area contributed by atoms with Gasteiger partial charge in [-0.1, -0.05) is 12.1 Å². The largest absolute Gasteiger partial charge is 0.416 e. The summed E-state index contributed by atoms with van der Waals surface area (Å²) in [6.45, 7) is 1.60. The summed E-state index contributed by atoms with van der Waals surface area (Å²) in [5, 5.41) is 11.7. The van der Waals surface area contributed by atoms with Gasteiger partial charge in [0.1, 0.15) is 17.0 Å². The highest BCUT2D eigenvalue weighted by Gasteiger charge is 2.71. The van der Waals surface area contributed by atoms with Crippen molar-refractivity contribution in [3.05, 3.63) is 34.9 Å². The maximum Gasteiger partial charge on any atom is 0.416 e. The van der Waals surface area contributed by atoms with E-state index in [1.165, 1.54) is 6.07 Å². The Hall–Kier alpha value is -2.41. The number of nitriles is 1. The third kappa shape index (κ3) is 7.13. The SMILES string of the molecule is CN1CCN(Cc2ccc(C(F)(F)[C@@H]3C[C@@H](C(=O)NC4(C#N)CC4)N(C(=O)C4(C(F)(F)F)CC4)C3)c(C(F)(F)F)c2)CC1.Cl.Cl. The Morgan fingerprint density at radius 1 is 0.956 bits per heavy atom. The predicted octanol–water partition coefficient (Wildman–Crippen LogP) is 5.12. The molecule has 4 aliphatic rings. The molecule has 2 aliphatic heterocycles. The molecule has 1 aromatic carbocycles. The highest BCUT2D eigenvalue weighted by atomic mass is 35.5. The molecule has 0 unspecified atom stereocenters. The van der Waals surface area contributed by atoms with Crippen LogP contribution in [0.25, 0.3) is 0 Å². The van der Waals surface area contributed by atoms with Crippen LogP contribution in [0.1, 0.15) is 48.8 Å². The number of nitrogens with zero attached hydrogens (tertiary/aromatic N) is 4. The third-order valence-corrected chi connectivity index (χ3v) is 9.16. The molecule has 0 aromatic heterocycles. The summed E-state index contributed by atoms with van der Waals surface area (Å²) in [6.07, 6.45) is -11.8. The van der Waals surface area contributed by atoms with Gasteiger partial charge in [-0.3, -0.25) is 14.5 Å². The molecule has 17 heteroatoms. The van der Waals surface area contributed by atoms with E-state index in [1.807, 2.05) is 18.0 Å². The van der Waals surface area contributed by atoms with Gasteiger partial charge in [0.2, 0.25) is 11.8 Å². The number of likely N-dealkylation sites (tertiary alicyclic amines) is 1. The maximum absolute atomic E-state index is 16.1. The zero-order valence-corrected chi connectivity index (χ0v) is 25.7. The van der Waals surface area contributed by atoms with Crippen LogP contribution >= 0.6 is 24.8 Å². The molecule has 252 valence electrons. The van der Waals surface area contributed by atoms with Crippen LogP contribution in [0.2, 0.25) is 0 Å². The number of alkyl halides is 8. The standard InChI is InChI=1S/C28H31F8N5O2.2ClH/c1-39-8-10-40(11-9-39)14-17-2-3-19(20(12-17)27(31,32)33)26(29,30)18-13-21(22(42)38-24(16-37)4-5-24)41(15-18)23(43)25(6-7-25)28(34,35)36;;/h2-3,12,18,21H,4-11,13-15H2,1H3,(H,38,42);2*1H/t18-,21+;;/m1../s1. The first kappa shape index (κ1) is 37.1. The number of carbonyl (C=O) groups is 2. The minimum atomic E-state index is -5.18. The van der Waals surface area contributed by atoms with Crippen molar-refractivity contribution in [3.63, 3.8) is 0 Å². The van der Waals surface area contributed by atoms with E-state index in [1.54, 1.807) is 0 Å². The van der Waals surface area contributed by atoms with Gasteiger partial charge in [-0.15, -0.1) is 24.8 Å². The molecule has 2 amide bonds. The van der Waals surface area contributed by atoms with E-state index in [0.717, 1.165) is 0 Å². The zero-order valence-electron chi connectivity index (χ0n) is 24.1. The van der Waals surface area contributed by atoms with Gasteiger partial charge in [-0.05, 0) is 50.8 Å². The van der Waals surface area contributed by atoms with Crippen LogP contribution in [0.3, 0.4) is 0 Å². The first-order valence-electron chi connectivity index (χ1n) is 14.0. The summed E-state index contributed by atoms with van der Waals surface area (Å²) in [5.74, 6) is -8.98. The summed E-state index contributed by atoms with van der Waals surface area (Å²) in [4.78, 5) is 30.6. The molecule has 2 saturated carbocycles. The minimum absolute atomic E-state index is 0. The van der Waals surface area contributed by atoms with Gasteiger partial charge in [0, 0.05) is 50.7 Å². The fraction of sp³-hybridized carbons (Fsp3) is 0.679. The summed E-state index contributed by atoms with van der Waals surface area (Å²) < 4.78 is 116. The lowest BCUT2D eigenvalue weighted by molar-refractivity contribution is -0.199. The second-order valence-electron chi connectivity index (χ2n) is 12.2. The van der Waals surface area contributed by atoms with E-state index >= 15 is 8.78 Å². The molecule has 2 aliphatic carbocycles. The first-order valence-corrected chi connectivity index (χ1v) is 14.0. The average molecular weight is 694 g/mol. The Labute approximate surface area is 267 Å². The quantitative estimate of drug-likeness (QED) is 0.402. The first-order chi connectivity index (χ1) is 19.9. The van der Waals surface area contributed by atoms with E-state index < -0.39 is 89.9 Å². The van der Waals surface area contributed by atoms with Gasteiger partial charge in [-0.2, -0.15) is 31.6 Å². The van der Waals surface area contributed by atoms with Crippen LogP contribution < -0.4 is 5.32 Å². The van der Waals surface area contributed by atoms with Crippen molar-refractivity contribution in [2.45, 2.75) is 68.5 Å². The van der Waals surface area contributed by atoms with E-state index in [2.05, 4.69) is 10.2 Å². The lowest BCUT2D eigenvalue weighted by Gasteiger charge is -2.33. The van der Waals surface area contributed by atoms with Crippen molar-refractivity contribution in [1.82, 2.24) is 20.0 Å². The number of amides is 2. The van der Waals surface area contributed by atoms with Crippen molar-refractivity contribution in [2.24, 2.45) is 11.3 Å². The Morgan fingerprint density at radius 3 is 2.04 bits per heavy atom. The summed E-state index contributed by atoms with van der Waals surface area (Å²) in [7, 11) is 1.91. The molecule has 0 spiro atoms. The number of piperazine rings is 1. The van der Waals surface area contributed by atoms with Crippen molar-refractivity contribution in [3.8, 4) is 6.07 Å². The molecule has 0 radical (unpaired) electrons. The second kappa shape index (κ2) is 12.7. The molecular weight excluding hydrogens is 661 g/mol. The minimum Gasteiger partial charge on any atom is -0.336 e. The topological polar surface area (TPSA) is 79.7 Å². The Morgan fingerprint density at radius 2 is 1.56 bits per heavy atom. The smallest absolute Gasteiger partial charge is 0.336 e. The van der Waals surface area contributed by atoms with Gasteiger partial charge in [0.25, 0.3) is 5.92 Å². The number of hydrogen-bond acceptors (Lipinski definition) is 5. The van der Waals surface area contributed by atoms with E-state index in [4.69, 9.17) is 0 Å². The number of rotatable bonds is 7. The lowest BCUT2D eigenvalue weighted by Crippen LogP contribution is -2.53. The summed E-state index contributed by atoms with van der Waals surface area (Å²) >= 11 is 0. The Balaban J connectivity index is 0.00000276. The van der Waals surface area contributed by atoms with E-state index in [0.29, 0.717) is 43.2 Å². The average Bonchev–Trinajstić information content (AvgIpc) is 3.85. The molecule has 1 N–H and O–H groups in total. The molecule has 2 saturated heterocycles. The van der Waals surface area contributed by atoms with E-state index in [-0.39, 0.29) is 49.8 Å². The molecule has 2 heterocycles. The molecular formula is C28H33Cl2F8N5O2. The van der Waals surface area contributed by atoms with Crippen LogP contribution in [0, 0.1) is 22.7 Å². The van der Waals surface area contributed by atoms with E-state index in [9.17, 15) is 41.2 Å². The van der Waals surface area contributed by atoms with Crippen molar-refractivity contribution < 1.29 is 44.7 Å². The number of nitrogens with one attached hydrogen (secondary N) is 1. The molecule has 45 heavy (non-hydrogen) atoms. The van der Waals surface area contributed by atoms with Crippen molar-refractivity contribution >= 4 is 36.6 Å². The molecule has 5 rings (SSSR count). The molecule has 4 fully saturated rings. The number of halogens is 10. The lowest BCUT2D eigenvalue weighted by atomic mass is 9.88. The highest BCUT2D eigenvalue weighted by molar-refractivity contribution is 5.93. The fourth-order valence-electron chi connectivity index (χ4n) is 6.00. The summed E-state index contributed by atoms with van der Waals surface area (Å²) in [6, 6.07) is 2.56. The fourth-order valence-corrected chi connectivity index (χ4v) is 6.00. The number of benzene rings is 1. The van der Waals surface area contributed by atoms with Gasteiger partial charge in [0.05, 0.1) is 11.6 Å². The molecule has 1 aromatic rings. The van der Waals surface area contributed by atoms with Crippen LogP contribution in [0.4, 0.5) is 35.1 Å². The molecule has 2 atom stereocenters. The van der Waals surface area contributed by atoms with Crippen molar-refractivity contribution in [2.75, 3.05) is 39.8 Å². The Kier molecular flexibility index (Phi) is 10.4.